The summed E-state index contributed by atoms with van der Waals surface area (Å²) >= 11 is 0. The van der Waals surface area contributed by atoms with Gasteiger partial charge in [0.05, 0.1) is 12.1 Å². The Hall–Kier alpha value is -2.21. The maximum Gasteiger partial charge on any atom is 0.251 e. The van der Waals surface area contributed by atoms with Gasteiger partial charge in [-0.25, -0.2) is 9.97 Å². The zero-order valence-electron chi connectivity index (χ0n) is 13.8. The van der Waals surface area contributed by atoms with E-state index in [1.807, 2.05) is 0 Å². The van der Waals surface area contributed by atoms with Crippen molar-refractivity contribution < 1.29 is 9.90 Å². The zero-order chi connectivity index (χ0) is 16.8. The smallest absolute Gasteiger partial charge is 0.251 e. The van der Waals surface area contributed by atoms with E-state index in [1.165, 1.54) is 6.42 Å². The number of aliphatic hydroxyl groups excluding tert-OH is 1. The van der Waals surface area contributed by atoms with Crippen molar-refractivity contribution in [2.24, 2.45) is 0 Å². The van der Waals surface area contributed by atoms with Crippen LogP contribution in [-0.2, 0) is 0 Å². The highest BCUT2D eigenvalue weighted by Crippen LogP contribution is 2.26. The molecule has 0 aliphatic heterocycles. The van der Waals surface area contributed by atoms with Crippen LogP contribution < -0.4 is 5.32 Å². The lowest BCUT2D eigenvalue weighted by molar-refractivity contribution is 0.0782. The molecule has 1 saturated carbocycles. The Labute approximate surface area is 141 Å². The van der Waals surface area contributed by atoms with Crippen LogP contribution >= 0.6 is 0 Å². The van der Waals surface area contributed by atoms with Crippen LogP contribution in [0.3, 0.4) is 0 Å². The largest absolute Gasteiger partial charge is 0.394 e. The summed E-state index contributed by atoms with van der Waals surface area (Å²) in [5.74, 6) is 0.490. The summed E-state index contributed by atoms with van der Waals surface area (Å²) in [6, 6.07) is 3.44. The molecule has 0 radical (unpaired) electrons. The van der Waals surface area contributed by atoms with Gasteiger partial charge in [0.1, 0.15) is 12.1 Å². The molecule has 1 amide bonds. The first kappa shape index (κ1) is 16.6. The Morgan fingerprint density at radius 3 is 2.62 bits per heavy atom. The van der Waals surface area contributed by atoms with Gasteiger partial charge >= 0.3 is 0 Å². The summed E-state index contributed by atoms with van der Waals surface area (Å²) in [5.41, 5.74) is 0.0410. The molecule has 1 aliphatic carbocycles. The van der Waals surface area contributed by atoms with Crippen LogP contribution in [0.1, 0.15) is 55.3 Å². The number of pyridine rings is 1. The van der Waals surface area contributed by atoms with E-state index >= 15 is 0 Å². The summed E-state index contributed by atoms with van der Waals surface area (Å²) in [4.78, 5) is 21.0. The minimum atomic E-state index is -0.504. The quantitative estimate of drug-likeness (QED) is 0.903. The van der Waals surface area contributed by atoms with Gasteiger partial charge in [0, 0.05) is 24.2 Å². The van der Waals surface area contributed by atoms with Crippen molar-refractivity contribution in [2.45, 2.75) is 50.5 Å². The van der Waals surface area contributed by atoms with Crippen LogP contribution in [-0.4, -0.2) is 37.7 Å². The minimum absolute atomic E-state index is 0.0157. The van der Waals surface area contributed by atoms with Crippen molar-refractivity contribution in [2.75, 3.05) is 6.61 Å². The van der Waals surface area contributed by atoms with Crippen LogP contribution in [0.15, 0.2) is 37.1 Å². The molecule has 2 heterocycles. The number of aliphatic hydroxyl groups is 1. The SMILES string of the molecule is O=C(NC1(CO)CCCCCCC1)c1ccnc(-n2ccnc2)c1. The highest BCUT2D eigenvalue weighted by atomic mass is 16.3. The molecule has 0 atom stereocenters. The number of hydrogen-bond acceptors (Lipinski definition) is 4. The number of imidazole rings is 1. The van der Waals surface area contributed by atoms with Gasteiger partial charge in [0.25, 0.3) is 5.91 Å². The Morgan fingerprint density at radius 1 is 1.21 bits per heavy atom. The number of nitrogens with one attached hydrogen (secondary N) is 1. The molecule has 3 rings (SSSR count). The predicted molar refractivity (Wildman–Crippen MR) is 91.0 cm³/mol. The third kappa shape index (κ3) is 3.82. The van der Waals surface area contributed by atoms with Crippen LogP contribution in [0.4, 0.5) is 0 Å². The predicted octanol–water partition coefficient (Wildman–Crippen LogP) is 2.47. The van der Waals surface area contributed by atoms with Gasteiger partial charge in [0.15, 0.2) is 0 Å². The van der Waals surface area contributed by atoms with Gasteiger partial charge in [-0.15, -0.1) is 0 Å². The Kier molecular flexibility index (Phi) is 5.25. The molecular weight excluding hydrogens is 304 g/mol. The van der Waals surface area contributed by atoms with Gasteiger partial charge in [-0.2, -0.15) is 0 Å². The van der Waals surface area contributed by atoms with E-state index in [0.717, 1.165) is 38.5 Å². The topological polar surface area (TPSA) is 80.0 Å². The van der Waals surface area contributed by atoms with E-state index in [-0.39, 0.29) is 12.5 Å². The highest BCUT2D eigenvalue weighted by Gasteiger charge is 2.31. The summed E-state index contributed by atoms with van der Waals surface area (Å²) < 4.78 is 1.76. The van der Waals surface area contributed by atoms with Gasteiger partial charge in [0.2, 0.25) is 0 Å². The fourth-order valence-electron chi connectivity index (χ4n) is 3.31. The summed E-state index contributed by atoms with van der Waals surface area (Å²) in [6.45, 7) is -0.0157. The minimum Gasteiger partial charge on any atom is -0.394 e. The van der Waals surface area contributed by atoms with Crippen LogP contribution in [0.25, 0.3) is 5.82 Å². The van der Waals surface area contributed by atoms with Crippen LogP contribution in [0.5, 0.6) is 0 Å². The maximum absolute atomic E-state index is 12.7. The molecule has 0 saturated heterocycles. The molecule has 6 nitrogen and oxygen atoms in total. The van der Waals surface area contributed by atoms with E-state index in [0.29, 0.717) is 11.4 Å². The Balaban J connectivity index is 1.76. The highest BCUT2D eigenvalue weighted by molar-refractivity contribution is 5.95. The molecule has 2 aromatic heterocycles. The molecule has 0 spiro atoms. The number of amides is 1. The van der Waals surface area contributed by atoms with Gasteiger partial charge in [-0.1, -0.05) is 32.1 Å². The molecule has 2 N–H and O–H groups in total. The molecule has 0 unspecified atom stereocenters. The third-order valence-corrected chi connectivity index (χ3v) is 4.77. The second-order valence-corrected chi connectivity index (χ2v) is 6.53. The van der Waals surface area contributed by atoms with E-state index in [4.69, 9.17) is 0 Å². The molecule has 2 aromatic rings. The van der Waals surface area contributed by atoms with Crippen molar-refractivity contribution in [3.05, 3.63) is 42.6 Å². The van der Waals surface area contributed by atoms with Gasteiger partial charge in [-0.3, -0.25) is 9.36 Å². The summed E-state index contributed by atoms with van der Waals surface area (Å²) in [5, 5.41) is 13.0. The van der Waals surface area contributed by atoms with E-state index in [9.17, 15) is 9.90 Å². The van der Waals surface area contributed by atoms with Crippen molar-refractivity contribution in [1.29, 1.82) is 0 Å². The Bertz CT molecular complexity index is 661. The second kappa shape index (κ2) is 7.57. The van der Waals surface area contributed by atoms with Crippen molar-refractivity contribution in [3.63, 3.8) is 0 Å². The molecular formula is C18H24N4O2. The first-order chi connectivity index (χ1) is 11.7. The van der Waals surface area contributed by atoms with E-state index < -0.39 is 5.54 Å². The van der Waals surface area contributed by atoms with Crippen LogP contribution in [0.2, 0.25) is 0 Å². The number of rotatable bonds is 4. The zero-order valence-corrected chi connectivity index (χ0v) is 13.8. The van der Waals surface area contributed by atoms with E-state index in [1.54, 1.807) is 41.6 Å². The molecule has 1 fully saturated rings. The number of hydrogen-bond donors (Lipinski definition) is 2. The number of nitrogens with zero attached hydrogens (tertiary/aromatic N) is 3. The average Bonchev–Trinajstić information content (AvgIpc) is 3.12. The lowest BCUT2D eigenvalue weighted by atomic mass is 9.84. The fraction of sp³-hybridized carbons (Fsp3) is 0.500. The normalized spacial score (nSPS) is 17.7. The van der Waals surface area contributed by atoms with Gasteiger partial charge in [-0.05, 0) is 25.0 Å². The molecule has 6 heteroatoms. The molecule has 0 aromatic carbocycles. The standard InChI is InChI=1S/C18H24N4O2/c23-13-18(7-4-2-1-3-5-8-18)21-17(24)15-6-9-20-16(12-15)22-11-10-19-14-22/h6,9-12,14,23H,1-5,7-8,13H2,(H,21,24). The number of carbonyl (C=O) groups excluding carboxylic acids is 1. The monoisotopic (exact) mass is 328 g/mol. The van der Waals surface area contributed by atoms with Crippen LogP contribution in [0, 0.1) is 0 Å². The van der Waals surface area contributed by atoms with Crippen molar-refractivity contribution >= 4 is 5.91 Å². The van der Waals surface area contributed by atoms with E-state index in [2.05, 4.69) is 15.3 Å². The first-order valence-corrected chi connectivity index (χ1v) is 8.60. The first-order valence-electron chi connectivity index (χ1n) is 8.60. The van der Waals surface area contributed by atoms with Crippen molar-refractivity contribution in [3.8, 4) is 5.82 Å². The van der Waals surface area contributed by atoms with Crippen molar-refractivity contribution in [1.82, 2.24) is 19.9 Å². The fourth-order valence-corrected chi connectivity index (χ4v) is 3.31. The molecule has 1 aliphatic rings. The molecule has 0 bridgehead atoms. The lowest BCUT2D eigenvalue weighted by Gasteiger charge is -2.34. The summed E-state index contributed by atoms with van der Waals surface area (Å²) in [7, 11) is 0. The third-order valence-electron chi connectivity index (χ3n) is 4.77. The molecule has 24 heavy (non-hydrogen) atoms. The molecule has 128 valence electrons. The maximum atomic E-state index is 12.7. The van der Waals surface area contributed by atoms with Gasteiger partial charge < -0.3 is 10.4 Å². The lowest BCUT2D eigenvalue weighted by Crippen LogP contribution is -2.51. The number of carbonyl (C=O) groups is 1. The number of aromatic nitrogens is 3. The summed E-state index contributed by atoms with van der Waals surface area (Å²) in [6.07, 6.45) is 14.0. The average molecular weight is 328 g/mol. The Morgan fingerprint density at radius 2 is 1.96 bits per heavy atom. The second-order valence-electron chi connectivity index (χ2n) is 6.53.